The largest absolute Gasteiger partial charge is 0.416 e. The molecule has 1 aliphatic heterocycles. The smallest absolute Gasteiger partial charge is 0.369 e. The van der Waals surface area contributed by atoms with Crippen LogP contribution in [0.15, 0.2) is 36.5 Å². The number of hydrogen-bond acceptors (Lipinski definition) is 4. The Balaban J connectivity index is 1.62. The topological polar surface area (TPSA) is 48.5 Å². The zero-order valence-corrected chi connectivity index (χ0v) is 15.9. The molecule has 5 nitrogen and oxygen atoms in total. The van der Waals surface area contributed by atoms with Crippen molar-refractivity contribution in [3.05, 3.63) is 53.6 Å². The number of nitrogens with one attached hydrogen (secondary N) is 1. The van der Waals surface area contributed by atoms with E-state index in [-0.39, 0.29) is 12.6 Å². The van der Waals surface area contributed by atoms with E-state index in [1.807, 2.05) is 4.90 Å². The molecule has 1 N–H and O–H groups in total. The fourth-order valence-corrected chi connectivity index (χ4v) is 3.18. The molecule has 1 aliphatic rings. The van der Waals surface area contributed by atoms with Crippen LogP contribution in [0.5, 0.6) is 0 Å². The third-order valence-corrected chi connectivity index (χ3v) is 4.69. The molecule has 0 saturated carbocycles. The first kappa shape index (κ1) is 22.8. The predicted molar refractivity (Wildman–Crippen MR) is 97.9 cm³/mol. The zero-order valence-electron chi connectivity index (χ0n) is 15.9. The highest BCUT2D eigenvalue weighted by molar-refractivity contribution is 5.92. The van der Waals surface area contributed by atoms with Crippen LogP contribution in [0.1, 0.15) is 11.1 Å². The van der Waals surface area contributed by atoms with E-state index in [4.69, 9.17) is 0 Å². The summed E-state index contributed by atoms with van der Waals surface area (Å²) in [5.74, 6) is -1.37. The molecule has 1 aromatic carbocycles. The first-order valence-electron chi connectivity index (χ1n) is 9.10. The van der Waals surface area contributed by atoms with Gasteiger partial charge in [-0.05, 0) is 24.3 Å². The number of piperazine rings is 1. The van der Waals surface area contributed by atoms with Crippen molar-refractivity contribution in [3.63, 3.8) is 0 Å². The maximum atomic E-state index is 13.2. The van der Waals surface area contributed by atoms with Gasteiger partial charge in [-0.3, -0.25) is 9.69 Å². The second-order valence-corrected chi connectivity index (χ2v) is 6.94. The minimum atomic E-state index is -5.00. The molecule has 0 bridgehead atoms. The molecule has 2 aromatic rings. The lowest BCUT2D eigenvalue weighted by atomic mass is 10.1. The van der Waals surface area contributed by atoms with Crippen molar-refractivity contribution in [2.45, 2.75) is 12.4 Å². The molecule has 1 aromatic heterocycles. The Morgan fingerprint density at radius 3 is 2.03 bits per heavy atom. The fourth-order valence-electron chi connectivity index (χ4n) is 3.18. The summed E-state index contributed by atoms with van der Waals surface area (Å²) < 4.78 is 90.8. The van der Waals surface area contributed by atoms with E-state index in [1.54, 1.807) is 11.0 Å². The maximum Gasteiger partial charge on any atom is 0.416 e. The van der Waals surface area contributed by atoms with Gasteiger partial charge < -0.3 is 10.2 Å². The predicted octanol–water partition coefficient (Wildman–Crippen LogP) is 4.02. The molecule has 0 unspecified atom stereocenters. The van der Waals surface area contributed by atoms with Crippen LogP contribution < -0.4 is 10.2 Å². The summed E-state index contributed by atoms with van der Waals surface area (Å²) in [5.41, 5.74) is -2.97. The van der Waals surface area contributed by atoms with Crippen LogP contribution in [0.25, 0.3) is 0 Å². The third-order valence-electron chi connectivity index (χ3n) is 4.69. The number of halogens is 7. The number of rotatable bonds is 4. The number of pyridine rings is 1. The summed E-state index contributed by atoms with van der Waals surface area (Å²) in [6.45, 7) is 1.49. The van der Waals surface area contributed by atoms with Crippen LogP contribution in [0.4, 0.5) is 42.1 Å². The van der Waals surface area contributed by atoms with Gasteiger partial charge in [-0.25, -0.2) is 4.98 Å². The van der Waals surface area contributed by atoms with Crippen LogP contribution in [0.3, 0.4) is 0 Å². The van der Waals surface area contributed by atoms with Gasteiger partial charge in [0.05, 0.1) is 17.7 Å². The molecular weight excluding hydrogens is 433 g/mol. The van der Waals surface area contributed by atoms with Crippen molar-refractivity contribution in [1.82, 2.24) is 9.88 Å². The first-order valence-corrected chi connectivity index (χ1v) is 9.10. The number of alkyl halides is 6. The summed E-state index contributed by atoms with van der Waals surface area (Å²) >= 11 is 0. The van der Waals surface area contributed by atoms with Gasteiger partial charge in [0, 0.05) is 49.8 Å². The number of amides is 1. The molecule has 2 heterocycles. The molecule has 12 heteroatoms. The van der Waals surface area contributed by atoms with E-state index in [9.17, 15) is 35.5 Å². The summed E-state index contributed by atoms with van der Waals surface area (Å²) in [6, 6.07) is 3.83. The molecule has 3 rings (SSSR count). The Kier molecular flexibility index (Phi) is 6.39. The Morgan fingerprint density at radius 1 is 0.935 bits per heavy atom. The molecule has 0 aliphatic carbocycles. The van der Waals surface area contributed by atoms with Crippen LogP contribution in [-0.2, 0) is 17.1 Å². The lowest BCUT2D eigenvalue weighted by Gasteiger charge is -2.35. The molecule has 0 atom stereocenters. The molecule has 31 heavy (non-hydrogen) atoms. The Hall–Kier alpha value is -2.89. The highest BCUT2D eigenvalue weighted by Crippen LogP contribution is 2.37. The molecule has 0 spiro atoms. The Morgan fingerprint density at radius 2 is 1.52 bits per heavy atom. The van der Waals surface area contributed by atoms with Gasteiger partial charge in [-0.2, -0.15) is 30.7 Å². The normalized spacial score (nSPS) is 15.8. The van der Waals surface area contributed by atoms with E-state index < -0.39 is 41.0 Å². The number of carbonyl (C=O) groups excluding carboxylic acids is 1. The van der Waals surface area contributed by atoms with E-state index in [1.165, 1.54) is 12.3 Å². The number of carbonyl (C=O) groups is 1. The Bertz CT molecular complexity index is 905. The zero-order chi connectivity index (χ0) is 22.8. The average Bonchev–Trinajstić information content (AvgIpc) is 2.67. The minimum Gasteiger partial charge on any atom is -0.369 e. The van der Waals surface area contributed by atoms with Crippen molar-refractivity contribution < 1.29 is 35.5 Å². The van der Waals surface area contributed by atoms with Gasteiger partial charge in [-0.15, -0.1) is 0 Å². The molecular formula is C19H17F7N4O. The average molecular weight is 450 g/mol. The highest BCUT2D eigenvalue weighted by atomic mass is 19.4. The number of nitrogens with zero attached hydrogens (tertiary/aromatic N) is 3. The molecule has 1 saturated heterocycles. The summed E-state index contributed by atoms with van der Waals surface area (Å²) in [4.78, 5) is 19.3. The molecule has 1 amide bonds. The van der Waals surface area contributed by atoms with E-state index in [0.717, 1.165) is 0 Å². The lowest BCUT2D eigenvalue weighted by molar-refractivity contribution is -0.143. The Labute approximate surface area is 172 Å². The maximum absolute atomic E-state index is 13.2. The highest BCUT2D eigenvalue weighted by Gasteiger charge is 2.37. The van der Waals surface area contributed by atoms with Crippen LogP contribution in [0, 0.1) is 5.95 Å². The SMILES string of the molecule is O=C(CN1CCN(c2ccnc(F)c2)CC1)Nc1cc(C(F)(F)F)cc(C(F)(F)F)c1. The van der Waals surface area contributed by atoms with Crippen molar-refractivity contribution in [1.29, 1.82) is 0 Å². The van der Waals surface area contributed by atoms with Gasteiger partial charge >= 0.3 is 12.4 Å². The van der Waals surface area contributed by atoms with Gasteiger partial charge in [0.1, 0.15) is 0 Å². The quantitative estimate of drug-likeness (QED) is 0.565. The van der Waals surface area contributed by atoms with Crippen LogP contribution >= 0.6 is 0 Å². The van der Waals surface area contributed by atoms with Crippen molar-refractivity contribution in [2.24, 2.45) is 0 Å². The van der Waals surface area contributed by atoms with Gasteiger partial charge in [0.15, 0.2) is 0 Å². The number of benzene rings is 1. The van der Waals surface area contributed by atoms with E-state index in [2.05, 4.69) is 10.3 Å². The van der Waals surface area contributed by atoms with Crippen molar-refractivity contribution in [3.8, 4) is 0 Å². The number of hydrogen-bond donors (Lipinski definition) is 1. The standard InChI is InChI=1S/C19H17F7N4O/c20-16-10-15(1-2-27-16)30-5-3-29(4-6-30)11-17(31)28-14-8-12(18(21,22)23)7-13(9-14)19(24,25)26/h1-2,7-10H,3-6,11H2,(H,28,31). The molecule has 168 valence electrons. The second kappa shape index (κ2) is 8.69. The summed E-state index contributed by atoms with van der Waals surface area (Å²) in [7, 11) is 0. The first-order chi connectivity index (χ1) is 14.4. The van der Waals surface area contributed by atoms with Crippen molar-refractivity contribution >= 4 is 17.3 Å². The fraction of sp³-hybridized carbons (Fsp3) is 0.368. The van der Waals surface area contributed by atoms with E-state index >= 15 is 0 Å². The van der Waals surface area contributed by atoms with Crippen molar-refractivity contribution in [2.75, 3.05) is 42.9 Å². The van der Waals surface area contributed by atoms with Crippen LogP contribution in [0.2, 0.25) is 0 Å². The summed E-state index contributed by atoms with van der Waals surface area (Å²) in [5, 5.41) is 2.11. The molecule has 1 fully saturated rings. The third kappa shape index (κ3) is 6.06. The lowest BCUT2D eigenvalue weighted by Crippen LogP contribution is -2.48. The van der Waals surface area contributed by atoms with Crippen LogP contribution in [-0.4, -0.2) is 48.5 Å². The van der Waals surface area contributed by atoms with E-state index in [0.29, 0.717) is 44.0 Å². The van der Waals surface area contributed by atoms with Gasteiger partial charge in [0.25, 0.3) is 0 Å². The number of aromatic nitrogens is 1. The summed E-state index contributed by atoms with van der Waals surface area (Å²) in [6.07, 6.45) is -8.66. The number of anilines is 2. The second-order valence-electron chi connectivity index (χ2n) is 6.94. The minimum absolute atomic E-state index is 0.00316. The monoisotopic (exact) mass is 450 g/mol. The van der Waals surface area contributed by atoms with Gasteiger partial charge in [0.2, 0.25) is 11.9 Å². The molecule has 0 radical (unpaired) electrons. The van der Waals surface area contributed by atoms with Gasteiger partial charge in [-0.1, -0.05) is 0 Å².